The topological polar surface area (TPSA) is 90.6 Å². The summed E-state index contributed by atoms with van der Waals surface area (Å²) in [5.74, 6) is -0.694. The average molecular weight is 524 g/mol. The summed E-state index contributed by atoms with van der Waals surface area (Å²) in [5, 5.41) is 3.69. The zero-order valence-electron chi connectivity index (χ0n) is 22.6. The van der Waals surface area contributed by atoms with Crippen molar-refractivity contribution in [2.45, 2.75) is 13.8 Å². The molecule has 0 saturated carbocycles. The second kappa shape index (κ2) is 11.1. The van der Waals surface area contributed by atoms with Crippen LogP contribution in [0.1, 0.15) is 22.8 Å². The van der Waals surface area contributed by atoms with Gasteiger partial charge in [-0.15, -0.1) is 0 Å². The molecule has 4 aromatic rings. The van der Waals surface area contributed by atoms with Crippen LogP contribution in [-0.2, 0) is 9.53 Å². The molecule has 0 unspecified atom stereocenters. The van der Waals surface area contributed by atoms with Gasteiger partial charge in [-0.05, 0) is 67.9 Å². The van der Waals surface area contributed by atoms with Crippen molar-refractivity contribution in [3.05, 3.63) is 78.5 Å². The molecule has 2 N–H and O–H groups in total. The molecular formula is C31H33N5O3. The summed E-state index contributed by atoms with van der Waals surface area (Å²) in [6.45, 7) is 11.6. The van der Waals surface area contributed by atoms with Crippen molar-refractivity contribution < 1.29 is 14.3 Å². The number of hydrogen-bond donors (Lipinski definition) is 2. The monoisotopic (exact) mass is 523 g/mol. The Labute approximate surface area is 228 Å². The third kappa shape index (κ3) is 5.42. The lowest BCUT2D eigenvalue weighted by Gasteiger charge is -2.34. The molecule has 0 aliphatic carbocycles. The number of ether oxygens (including phenoxy) is 1. The summed E-state index contributed by atoms with van der Waals surface area (Å²) >= 11 is 0. The van der Waals surface area contributed by atoms with E-state index in [2.05, 4.69) is 63.0 Å². The molecule has 2 aromatic heterocycles. The Morgan fingerprint density at radius 1 is 1.08 bits per heavy atom. The molecule has 0 spiro atoms. The van der Waals surface area contributed by atoms with Crippen molar-refractivity contribution in [1.82, 2.24) is 14.9 Å². The maximum Gasteiger partial charge on any atom is 0.339 e. The Balaban J connectivity index is 1.63. The molecule has 0 bridgehead atoms. The number of piperazine rings is 1. The number of carbonyl (C=O) groups is 2. The van der Waals surface area contributed by atoms with Gasteiger partial charge in [0.1, 0.15) is 5.65 Å². The number of carbonyl (C=O) groups excluding carboxylic acids is 2. The number of H-pyrrole nitrogens is 1. The Morgan fingerprint density at radius 3 is 2.49 bits per heavy atom. The van der Waals surface area contributed by atoms with Crippen LogP contribution in [0.15, 0.2) is 67.4 Å². The molecule has 5 rings (SSSR count). The highest BCUT2D eigenvalue weighted by atomic mass is 16.5. The largest absolute Gasteiger partial charge is 0.462 e. The molecule has 39 heavy (non-hydrogen) atoms. The van der Waals surface area contributed by atoms with Crippen LogP contribution in [0.3, 0.4) is 0 Å². The molecule has 200 valence electrons. The van der Waals surface area contributed by atoms with E-state index in [4.69, 9.17) is 4.74 Å². The molecular weight excluding hydrogens is 490 g/mol. The molecule has 1 fully saturated rings. The van der Waals surface area contributed by atoms with Crippen LogP contribution in [0.4, 0.5) is 11.4 Å². The summed E-state index contributed by atoms with van der Waals surface area (Å²) in [7, 11) is 2.15. The number of aromatic nitrogens is 2. The molecule has 1 amide bonds. The van der Waals surface area contributed by atoms with Gasteiger partial charge in [0.2, 0.25) is 5.91 Å². The first-order valence-corrected chi connectivity index (χ1v) is 13.1. The van der Waals surface area contributed by atoms with E-state index in [0.717, 1.165) is 59.5 Å². The highest BCUT2D eigenvalue weighted by Crippen LogP contribution is 2.40. The van der Waals surface area contributed by atoms with E-state index in [-0.39, 0.29) is 12.5 Å². The lowest BCUT2D eigenvalue weighted by molar-refractivity contribution is -0.111. The third-order valence-electron chi connectivity index (χ3n) is 7.16. The molecule has 1 saturated heterocycles. The van der Waals surface area contributed by atoms with Crippen molar-refractivity contribution in [2.75, 3.05) is 50.1 Å². The van der Waals surface area contributed by atoms with Gasteiger partial charge < -0.3 is 24.8 Å². The predicted molar refractivity (Wildman–Crippen MR) is 156 cm³/mol. The quantitative estimate of drug-likeness (QED) is 0.254. The number of amides is 1. The lowest BCUT2D eigenvalue weighted by Crippen LogP contribution is -2.44. The Bertz CT molecular complexity index is 1530. The molecule has 8 nitrogen and oxygen atoms in total. The van der Waals surface area contributed by atoms with Crippen LogP contribution in [0.2, 0.25) is 0 Å². The van der Waals surface area contributed by atoms with Crippen molar-refractivity contribution in [1.29, 1.82) is 0 Å². The van der Waals surface area contributed by atoms with Crippen LogP contribution in [0.5, 0.6) is 0 Å². The second-order valence-corrected chi connectivity index (χ2v) is 9.78. The first kappa shape index (κ1) is 26.2. The van der Waals surface area contributed by atoms with Gasteiger partial charge in [-0.3, -0.25) is 4.79 Å². The zero-order valence-corrected chi connectivity index (χ0v) is 22.6. The summed E-state index contributed by atoms with van der Waals surface area (Å²) in [6.07, 6.45) is 2.78. The fourth-order valence-electron chi connectivity index (χ4n) is 4.91. The first-order valence-electron chi connectivity index (χ1n) is 13.1. The number of anilines is 2. The zero-order chi connectivity index (χ0) is 27.5. The van der Waals surface area contributed by atoms with Gasteiger partial charge in [0.25, 0.3) is 0 Å². The second-order valence-electron chi connectivity index (χ2n) is 9.78. The molecule has 1 aliphatic heterocycles. The Morgan fingerprint density at radius 2 is 1.79 bits per heavy atom. The van der Waals surface area contributed by atoms with Gasteiger partial charge in [0.15, 0.2) is 0 Å². The fourth-order valence-corrected chi connectivity index (χ4v) is 4.91. The number of nitrogens with zero attached hydrogens (tertiary/aromatic N) is 3. The molecule has 2 aromatic carbocycles. The van der Waals surface area contributed by atoms with Gasteiger partial charge in [-0.1, -0.05) is 30.8 Å². The minimum absolute atomic E-state index is 0.278. The van der Waals surface area contributed by atoms with E-state index in [9.17, 15) is 9.59 Å². The Hall–Kier alpha value is -4.43. The number of fused-ring (bicyclic) bond motifs is 1. The number of aryl methyl sites for hydroxylation is 1. The lowest BCUT2D eigenvalue weighted by atomic mass is 9.96. The molecule has 3 heterocycles. The standard InChI is InChI=1S/C31H33N5O3/c1-5-27(37)33-26-18-22(8-7-20(26)3)28-25-17-23(31(38)39-6-2)19-32-30(25)34-29(28)21-9-11-24(12-10-21)36-15-13-35(4)14-16-36/h5,7-12,17-19H,1,6,13-16H2,2-4H3,(H,32,34)(H,33,37). The number of likely N-dealkylation sites (N-methyl/N-ethyl adjacent to an activating group) is 1. The van der Waals surface area contributed by atoms with E-state index in [1.54, 1.807) is 6.92 Å². The first-order chi connectivity index (χ1) is 18.9. The summed E-state index contributed by atoms with van der Waals surface area (Å²) in [4.78, 5) is 37.4. The summed E-state index contributed by atoms with van der Waals surface area (Å²) in [6, 6.07) is 16.3. The predicted octanol–water partition coefficient (Wildman–Crippen LogP) is 5.26. The Kier molecular flexibility index (Phi) is 7.47. The van der Waals surface area contributed by atoms with Crippen molar-refractivity contribution in [2.24, 2.45) is 0 Å². The number of esters is 1. The highest BCUT2D eigenvalue weighted by Gasteiger charge is 2.20. The number of pyridine rings is 1. The molecule has 1 aliphatic rings. The van der Waals surface area contributed by atoms with Crippen LogP contribution in [0, 0.1) is 6.92 Å². The van der Waals surface area contributed by atoms with E-state index in [0.29, 0.717) is 16.9 Å². The third-order valence-corrected chi connectivity index (χ3v) is 7.16. The highest BCUT2D eigenvalue weighted by molar-refractivity contribution is 6.06. The van der Waals surface area contributed by atoms with Crippen molar-refractivity contribution in [3.8, 4) is 22.4 Å². The van der Waals surface area contributed by atoms with Gasteiger partial charge >= 0.3 is 5.97 Å². The van der Waals surface area contributed by atoms with E-state index in [1.807, 2.05) is 31.2 Å². The average Bonchev–Trinajstić information content (AvgIpc) is 3.33. The van der Waals surface area contributed by atoms with Gasteiger partial charge in [-0.2, -0.15) is 0 Å². The van der Waals surface area contributed by atoms with E-state index < -0.39 is 5.97 Å². The number of hydrogen-bond acceptors (Lipinski definition) is 6. The molecule has 0 atom stereocenters. The van der Waals surface area contributed by atoms with Gasteiger partial charge in [0, 0.05) is 54.7 Å². The van der Waals surface area contributed by atoms with Crippen LogP contribution in [-0.4, -0.2) is 66.6 Å². The maximum atomic E-state index is 12.5. The number of aromatic amines is 1. The van der Waals surface area contributed by atoms with Gasteiger partial charge in [-0.25, -0.2) is 9.78 Å². The minimum Gasteiger partial charge on any atom is -0.462 e. The van der Waals surface area contributed by atoms with E-state index >= 15 is 0 Å². The number of benzene rings is 2. The summed E-state index contributed by atoms with van der Waals surface area (Å²) in [5.41, 5.74) is 7.51. The smallest absolute Gasteiger partial charge is 0.339 e. The fraction of sp³-hybridized carbons (Fsp3) is 0.258. The van der Waals surface area contributed by atoms with E-state index in [1.165, 1.54) is 18.0 Å². The van der Waals surface area contributed by atoms with Crippen LogP contribution < -0.4 is 10.2 Å². The van der Waals surface area contributed by atoms with Gasteiger partial charge in [0.05, 0.1) is 17.9 Å². The summed E-state index contributed by atoms with van der Waals surface area (Å²) < 4.78 is 5.23. The van der Waals surface area contributed by atoms with Crippen LogP contribution in [0.25, 0.3) is 33.4 Å². The maximum absolute atomic E-state index is 12.5. The normalized spacial score (nSPS) is 13.9. The number of rotatable bonds is 7. The number of nitrogens with one attached hydrogen (secondary N) is 2. The van der Waals surface area contributed by atoms with Crippen molar-refractivity contribution in [3.63, 3.8) is 0 Å². The molecule has 0 radical (unpaired) electrons. The minimum atomic E-state index is -0.417. The van der Waals surface area contributed by atoms with Crippen LogP contribution >= 0.6 is 0 Å². The SMILES string of the molecule is C=CC(=O)Nc1cc(-c2c(-c3ccc(N4CCN(C)CC4)cc3)[nH]c3ncc(C(=O)OCC)cc23)ccc1C. The molecule has 8 heteroatoms. The van der Waals surface area contributed by atoms with Crippen molar-refractivity contribution >= 4 is 34.3 Å².